The maximum Gasteiger partial charge on any atom is 0.318 e. The molecule has 5 nitrogen and oxygen atoms in total. The highest BCUT2D eigenvalue weighted by atomic mass is 16.4. The van der Waals surface area contributed by atoms with Gasteiger partial charge in [0.2, 0.25) is 5.89 Å². The van der Waals surface area contributed by atoms with Crippen molar-refractivity contribution in [1.82, 2.24) is 10.2 Å². The number of benzene rings is 1. The van der Waals surface area contributed by atoms with Crippen LogP contribution in [-0.4, -0.2) is 22.8 Å². The van der Waals surface area contributed by atoms with Crippen LogP contribution in [0.1, 0.15) is 25.3 Å². The van der Waals surface area contributed by atoms with Crippen molar-refractivity contribution in [2.75, 3.05) is 11.4 Å². The van der Waals surface area contributed by atoms with Crippen molar-refractivity contribution in [2.24, 2.45) is 5.73 Å². The topological polar surface area (TPSA) is 68.2 Å². The van der Waals surface area contributed by atoms with Crippen LogP contribution >= 0.6 is 0 Å². The smallest absolute Gasteiger partial charge is 0.318 e. The van der Waals surface area contributed by atoms with Crippen molar-refractivity contribution >= 4 is 6.01 Å². The van der Waals surface area contributed by atoms with Crippen LogP contribution in [0.25, 0.3) is 0 Å². The van der Waals surface area contributed by atoms with Crippen LogP contribution in [-0.2, 0) is 13.0 Å². The fraction of sp³-hybridized carbons (Fsp3) is 0.429. The summed E-state index contributed by atoms with van der Waals surface area (Å²) in [4.78, 5) is 2.09. The zero-order chi connectivity index (χ0) is 13.7. The van der Waals surface area contributed by atoms with Gasteiger partial charge in [0.05, 0.1) is 0 Å². The monoisotopic (exact) mass is 260 g/mol. The minimum absolute atomic E-state index is 0.284. The highest BCUT2D eigenvalue weighted by Crippen LogP contribution is 2.18. The van der Waals surface area contributed by atoms with E-state index in [1.54, 1.807) is 0 Å². The molecule has 0 saturated carbocycles. The van der Waals surface area contributed by atoms with Crippen LogP contribution in [0, 0.1) is 0 Å². The Bertz CT molecular complexity index is 495. The Morgan fingerprint density at radius 1 is 1.21 bits per heavy atom. The maximum absolute atomic E-state index is 5.64. The van der Waals surface area contributed by atoms with E-state index < -0.39 is 0 Å². The molecule has 0 aliphatic heterocycles. The van der Waals surface area contributed by atoms with E-state index in [0.717, 1.165) is 6.54 Å². The second-order valence-electron chi connectivity index (χ2n) is 4.72. The van der Waals surface area contributed by atoms with Crippen LogP contribution in [0.4, 0.5) is 6.01 Å². The molecule has 1 heterocycles. The predicted molar refractivity (Wildman–Crippen MR) is 74.8 cm³/mol. The lowest BCUT2D eigenvalue weighted by Gasteiger charge is -2.24. The normalized spacial score (nSPS) is 10.9. The van der Waals surface area contributed by atoms with Crippen molar-refractivity contribution in [3.8, 4) is 0 Å². The Morgan fingerprint density at radius 3 is 2.58 bits per heavy atom. The van der Waals surface area contributed by atoms with Crippen molar-refractivity contribution in [2.45, 2.75) is 32.9 Å². The molecule has 0 atom stereocenters. The highest BCUT2D eigenvalue weighted by molar-refractivity contribution is 5.29. The number of nitrogens with two attached hydrogens (primary N) is 1. The Hall–Kier alpha value is -1.88. The van der Waals surface area contributed by atoms with E-state index in [0.29, 0.717) is 24.9 Å². The summed E-state index contributed by atoms with van der Waals surface area (Å²) < 4.78 is 5.64. The lowest BCUT2D eigenvalue weighted by atomic mass is 10.2. The van der Waals surface area contributed by atoms with Gasteiger partial charge in [-0.25, -0.2) is 0 Å². The molecule has 0 fully saturated rings. The zero-order valence-corrected chi connectivity index (χ0v) is 11.4. The van der Waals surface area contributed by atoms with Crippen LogP contribution in [0.5, 0.6) is 0 Å². The Morgan fingerprint density at radius 2 is 1.95 bits per heavy atom. The molecule has 1 aromatic carbocycles. The Balaban J connectivity index is 2.15. The molecule has 2 rings (SSSR count). The molecule has 5 heteroatoms. The summed E-state index contributed by atoms with van der Waals surface area (Å²) in [5.74, 6) is 0.594. The third kappa shape index (κ3) is 3.54. The standard InChI is InChI=1S/C14H20N4O/c1-11(2)18(10-12-6-4-3-5-7-12)14-17-16-13(19-14)8-9-15/h3-7,11H,8-10,15H2,1-2H3. The first-order valence-corrected chi connectivity index (χ1v) is 6.53. The molecule has 0 aliphatic carbocycles. The summed E-state index contributed by atoms with van der Waals surface area (Å²) in [5.41, 5.74) is 6.71. The molecule has 0 radical (unpaired) electrons. The van der Waals surface area contributed by atoms with Crippen LogP contribution < -0.4 is 10.6 Å². The summed E-state index contributed by atoms with van der Waals surface area (Å²) in [5, 5.41) is 8.12. The van der Waals surface area contributed by atoms with Gasteiger partial charge in [0.15, 0.2) is 0 Å². The number of aromatic nitrogens is 2. The summed E-state index contributed by atoms with van der Waals surface area (Å²) in [6.45, 7) is 5.48. The first-order valence-electron chi connectivity index (χ1n) is 6.53. The number of hydrogen-bond donors (Lipinski definition) is 1. The zero-order valence-electron chi connectivity index (χ0n) is 11.4. The molecule has 102 valence electrons. The fourth-order valence-corrected chi connectivity index (χ4v) is 1.84. The number of rotatable bonds is 6. The molecular formula is C14H20N4O. The van der Waals surface area contributed by atoms with E-state index in [1.807, 2.05) is 18.2 Å². The van der Waals surface area contributed by atoms with E-state index in [9.17, 15) is 0 Å². The minimum Gasteiger partial charge on any atom is -0.408 e. The lowest BCUT2D eigenvalue weighted by molar-refractivity contribution is 0.470. The summed E-state index contributed by atoms with van der Waals surface area (Å²) in [7, 11) is 0. The van der Waals surface area contributed by atoms with Crippen LogP contribution in [0.2, 0.25) is 0 Å². The second-order valence-corrected chi connectivity index (χ2v) is 4.72. The second kappa shape index (κ2) is 6.33. The molecule has 0 unspecified atom stereocenters. The summed E-state index contributed by atoms with van der Waals surface area (Å²) in [6, 6.07) is 11.1. The molecule has 2 aromatic rings. The predicted octanol–water partition coefficient (Wildman–Crippen LogP) is 1.99. The van der Waals surface area contributed by atoms with E-state index in [1.165, 1.54) is 5.56 Å². The third-order valence-electron chi connectivity index (χ3n) is 2.88. The van der Waals surface area contributed by atoms with Gasteiger partial charge in [-0.1, -0.05) is 35.4 Å². The maximum atomic E-state index is 5.64. The highest BCUT2D eigenvalue weighted by Gasteiger charge is 2.17. The molecule has 0 bridgehead atoms. The SMILES string of the molecule is CC(C)N(Cc1ccccc1)c1nnc(CCN)o1. The molecule has 0 spiro atoms. The van der Waals surface area contributed by atoms with Gasteiger partial charge < -0.3 is 15.1 Å². The average molecular weight is 260 g/mol. The van der Waals surface area contributed by atoms with Crippen molar-refractivity contribution in [1.29, 1.82) is 0 Å². The van der Waals surface area contributed by atoms with Gasteiger partial charge in [-0.3, -0.25) is 0 Å². The van der Waals surface area contributed by atoms with E-state index in [2.05, 4.69) is 41.1 Å². The number of anilines is 1. The quantitative estimate of drug-likeness (QED) is 0.860. The van der Waals surface area contributed by atoms with E-state index >= 15 is 0 Å². The summed E-state index contributed by atoms with van der Waals surface area (Å²) in [6.07, 6.45) is 0.615. The number of hydrogen-bond acceptors (Lipinski definition) is 5. The van der Waals surface area contributed by atoms with E-state index in [-0.39, 0.29) is 6.04 Å². The first-order chi connectivity index (χ1) is 9.20. The number of nitrogens with zero attached hydrogens (tertiary/aromatic N) is 3. The third-order valence-corrected chi connectivity index (χ3v) is 2.88. The molecule has 0 amide bonds. The lowest BCUT2D eigenvalue weighted by Crippen LogP contribution is -2.30. The Kier molecular flexibility index (Phi) is 4.52. The van der Waals surface area contributed by atoms with E-state index in [4.69, 9.17) is 10.2 Å². The van der Waals surface area contributed by atoms with Crippen molar-refractivity contribution in [3.63, 3.8) is 0 Å². The molecule has 0 aliphatic rings. The van der Waals surface area contributed by atoms with Gasteiger partial charge in [0.25, 0.3) is 0 Å². The average Bonchev–Trinajstić information content (AvgIpc) is 2.85. The largest absolute Gasteiger partial charge is 0.408 e. The van der Waals surface area contributed by atoms with Gasteiger partial charge in [0, 0.05) is 25.6 Å². The molecule has 1 aromatic heterocycles. The summed E-state index contributed by atoms with van der Waals surface area (Å²) >= 11 is 0. The Labute approximate surface area is 113 Å². The van der Waals surface area contributed by atoms with Crippen molar-refractivity contribution in [3.05, 3.63) is 41.8 Å². The molecule has 2 N–H and O–H groups in total. The van der Waals surface area contributed by atoms with Gasteiger partial charge >= 0.3 is 6.01 Å². The van der Waals surface area contributed by atoms with Crippen LogP contribution in [0.15, 0.2) is 34.7 Å². The van der Waals surface area contributed by atoms with Gasteiger partial charge in [-0.15, -0.1) is 5.10 Å². The van der Waals surface area contributed by atoms with Gasteiger partial charge in [0.1, 0.15) is 0 Å². The van der Waals surface area contributed by atoms with Gasteiger partial charge in [-0.05, 0) is 19.4 Å². The fourth-order valence-electron chi connectivity index (χ4n) is 1.84. The first kappa shape index (κ1) is 13.5. The minimum atomic E-state index is 0.284. The van der Waals surface area contributed by atoms with Crippen molar-refractivity contribution < 1.29 is 4.42 Å². The molecule has 19 heavy (non-hydrogen) atoms. The molecular weight excluding hydrogens is 240 g/mol. The van der Waals surface area contributed by atoms with Gasteiger partial charge in [-0.2, -0.15) is 0 Å². The van der Waals surface area contributed by atoms with Crippen LogP contribution in [0.3, 0.4) is 0 Å². The molecule has 0 saturated heterocycles.